The first-order valence-electron chi connectivity index (χ1n) is 7.43. The van der Waals surface area contributed by atoms with Crippen molar-refractivity contribution in [3.8, 4) is 5.69 Å². The summed E-state index contributed by atoms with van der Waals surface area (Å²) in [5.74, 6) is 0. The van der Waals surface area contributed by atoms with Crippen molar-refractivity contribution >= 4 is 5.69 Å². The Bertz CT molecular complexity index is 973. The van der Waals surface area contributed by atoms with Gasteiger partial charge in [-0.25, -0.2) is 4.79 Å². The van der Waals surface area contributed by atoms with Gasteiger partial charge in [-0.1, -0.05) is 24.3 Å². The highest BCUT2D eigenvalue weighted by Crippen LogP contribution is 2.32. The fourth-order valence-corrected chi connectivity index (χ4v) is 2.54. The summed E-state index contributed by atoms with van der Waals surface area (Å²) in [6.07, 6.45) is -3.35. The quantitative estimate of drug-likeness (QED) is 0.740. The normalized spacial score (nSPS) is 11.7. The third-order valence-electron chi connectivity index (χ3n) is 3.86. The predicted octanol–water partition coefficient (Wildman–Crippen LogP) is 2.99. The summed E-state index contributed by atoms with van der Waals surface area (Å²) in [5, 5.41) is 3.84. The van der Waals surface area contributed by atoms with Crippen LogP contribution in [0.15, 0.2) is 53.6 Å². The highest BCUT2D eigenvalue weighted by Gasteiger charge is 2.34. The highest BCUT2D eigenvalue weighted by atomic mass is 19.4. The minimum atomic E-state index is -4.58. The van der Waals surface area contributed by atoms with Gasteiger partial charge in [0.2, 0.25) is 0 Å². The SMILES string of the molecule is Cc1cc(Cn2cnn(-c3ccccc3C(F)(F)F)c2=O)ccc1N. The molecule has 130 valence electrons. The maximum atomic E-state index is 13.1. The molecule has 0 amide bonds. The molecular formula is C17H15F3N4O. The number of benzene rings is 2. The zero-order valence-electron chi connectivity index (χ0n) is 13.3. The van der Waals surface area contributed by atoms with E-state index in [0.29, 0.717) is 5.69 Å². The molecule has 0 fully saturated rings. The molecule has 0 bridgehead atoms. The van der Waals surface area contributed by atoms with Crippen molar-refractivity contribution in [2.24, 2.45) is 0 Å². The Kier molecular flexibility index (Phi) is 4.12. The lowest BCUT2D eigenvalue weighted by molar-refractivity contribution is -0.137. The van der Waals surface area contributed by atoms with Gasteiger partial charge in [0.25, 0.3) is 0 Å². The molecule has 0 saturated carbocycles. The van der Waals surface area contributed by atoms with Crippen molar-refractivity contribution in [1.82, 2.24) is 14.3 Å². The monoisotopic (exact) mass is 348 g/mol. The van der Waals surface area contributed by atoms with Crippen LogP contribution in [-0.2, 0) is 12.7 Å². The second-order valence-electron chi connectivity index (χ2n) is 5.66. The summed E-state index contributed by atoms with van der Waals surface area (Å²) in [7, 11) is 0. The van der Waals surface area contributed by atoms with Gasteiger partial charge in [0, 0.05) is 5.69 Å². The van der Waals surface area contributed by atoms with E-state index in [4.69, 9.17) is 5.73 Å². The van der Waals surface area contributed by atoms with Gasteiger partial charge in [-0.2, -0.15) is 23.0 Å². The lowest BCUT2D eigenvalue weighted by Gasteiger charge is -2.11. The summed E-state index contributed by atoms with van der Waals surface area (Å²) in [6, 6.07) is 10.1. The molecule has 3 aromatic rings. The lowest BCUT2D eigenvalue weighted by atomic mass is 10.1. The predicted molar refractivity (Wildman–Crippen MR) is 87.5 cm³/mol. The van der Waals surface area contributed by atoms with Gasteiger partial charge >= 0.3 is 11.9 Å². The van der Waals surface area contributed by atoms with Gasteiger partial charge in [0.15, 0.2) is 0 Å². The molecule has 0 atom stereocenters. The first-order chi connectivity index (χ1) is 11.8. The first-order valence-corrected chi connectivity index (χ1v) is 7.43. The van der Waals surface area contributed by atoms with Gasteiger partial charge in [-0.05, 0) is 36.2 Å². The second-order valence-corrected chi connectivity index (χ2v) is 5.66. The molecular weight excluding hydrogens is 333 g/mol. The van der Waals surface area contributed by atoms with E-state index in [1.165, 1.54) is 29.1 Å². The molecule has 8 heteroatoms. The van der Waals surface area contributed by atoms with Crippen molar-refractivity contribution in [3.05, 3.63) is 76.0 Å². The molecule has 1 heterocycles. The van der Waals surface area contributed by atoms with Gasteiger partial charge < -0.3 is 5.73 Å². The van der Waals surface area contributed by atoms with E-state index in [1.807, 2.05) is 13.0 Å². The minimum absolute atomic E-state index is 0.189. The van der Waals surface area contributed by atoms with E-state index in [-0.39, 0.29) is 12.2 Å². The Morgan fingerprint density at radius 1 is 1.16 bits per heavy atom. The van der Waals surface area contributed by atoms with E-state index in [9.17, 15) is 18.0 Å². The molecule has 5 nitrogen and oxygen atoms in total. The number of alkyl halides is 3. The van der Waals surface area contributed by atoms with Crippen LogP contribution >= 0.6 is 0 Å². The van der Waals surface area contributed by atoms with E-state index >= 15 is 0 Å². The summed E-state index contributed by atoms with van der Waals surface area (Å²) >= 11 is 0. The van der Waals surface area contributed by atoms with Crippen molar-refractivity contribution in [3.63, 3.8) is 0 Å². The Labute approximate surface area is 141 Å². The number of hydrogen-bond donors (Lipinski definition) is 1. The standard InChI is InChI=1S/C17H15F3N4O/c1-11-8-12(6-7-14(11)21)9-23-10-22-24(16(23)25)15-5-3-2-4-13(15)17(18,19)20/h2-8,10H,9,21H2,1H3. The van der Waals surface area contributed by atoms with Crippen LogP contribution in [0.25, 0.3) is 5.69 Å². The number of nitrogens with zero attached hydrogens (tertiary/aromatic N) is 3. The van der Waals surface area contributed by atoms with Gasteiger partial charge in [0.1, 0.15) is 6.33 Å². The molecule has 2 aromatic carbocycles. The van der Waals surface area contributed by atoms with Crippen LogP contribution in [-0.4, -0.2) is 14.3 Å². The Morgan fingerprint density at radius 2 is 1.88 bits per heavy atom. The van der Waals surface area contributed by atoms with Crippen LogP contribution in [0.4, 0.5) is 18.9 Å². The third-order valence-corrected chi connectivity index (χ3v) is 3.86. The number of anilines is 1. The number of nitrogens with two attached hydrogens (primary N) is 1. The number of aromatic nitrogens is 3. The molecule has 25 heavy (non-hydrogen) atoms. The summed E-state index contributed by atoms with van der Waals surface area (Å²) in [6.45, 7) is 2.03. The molecule has 1 aromatic heterocycles. The Hall–Kier alpha value is -3.03. The average molecular weight is 348 g/mol. The molecule has 0 aliphatic heterocycles. The minimum Gasteiger partial charge on any atom is -0.399 e. The average Bonchev–Trinajstić information content (AvgIpc) is 2.91. The largest absolute Gasteiger partial charge is 0.418 e. The third kappa shape index (κ3) is 3.28. The Morgan fingerprint density at radius 3 is 2.56 bits per heavy atom. The van der Waals surface area contributed by atoms with Crippen LogP contribution in [0.3, 0.4) is 0 Å². The second kappa shape index (κ2) is 6.12. The topological polar surface area (TPSA) is 65.8 Å². The number of nitrogen functional groups attached to an aromatic ring is 1. The maximum Gasteiger partial charge on any atom is 0.418 e. The molecule has 0 spiro atoms. The molecule has 0 aliphatic rings. The zero-order valence-corrected chi connectivity index (χ0v) is 13.3. The number of para-hydroxylation sites is 1. The number of rotatable bonds is 3. The molecule has 0 radical (unpaired) electrons. The zero-order chi connectivity index (χ0) is 18.2. The summed E-state index contributed by atoms with van der Waals surface area (Å²) < 4.78 is 41.4. The molecule has 0 unspecified atom stereocenters. The summed E-state index contributed by atoms with van der Waals surface area (Å²) in [5.41, 5.74) is 6.20. The van der Waals surface area contributed by atoms with Crippen molar-refractivity contribution in [1.29, 1.82) is 0 Å². The fourth-order valence-electron chi connectivity index (χ4n) is 2.54. The van der Waals surface area contributed by atoms with Crippen LogP contribution in [0.1, 0.15) is 16.7 Å². The van der Waals surface area contributed by atoms with Gasteiger partial charge in [-0.3, -0.25) is 4.57 Å². The number of hydrogen-bond acceptors (Lipinski definition) is 3. The van der Waals surface area contributed by atoms with Crippen molar-refractivity contribution in [2.75, 3.05) is 5.73 Å². The van der Waals surface area contributed by atoms with Gasteiger partial charge in [-0.15, -0.1) is 0 Å². The van der Waals surface area contributed by atoms with Crippen molar-refractivity contribution < 1.29 is 13.2 Å². The summed E-state index contributed by atoms with van der Waals surface area (Å²) in [4.78, 5) is 12.5. The maximum absolute atomic E-state index is 13.1. The molecule has 2 N–H and O–H groups in total. The smallest absolute Gasteiger partial charge is 0.399 e. The Balaban J connectivity index is 2.00. The van der Waals surface area contributed by atoms with E-state index in [2.05, 4.69) is 5.10 Å². The molecule has 0 aliphatic carbocycles. The lowest BCUT2D eigenvalue weighted by Crippen LogP contribution is -2.26. The van der Waals surface area contributed by atoms with Crippen molar-refractivity contribution in [2.45, 2.75) is 19.6 Å². The molecule has 0 saturated heterocycles. The highest BCUT2D eigenvalue weighted by molar-refractivity contribution is 5.47. The van der Waals surface area contributed by atoms with Gasteiger partial charge in [0.05, 0.1) is 17.8 Å². The van der Waals surface area contributed by atoms with E-state index < -0.39 is 17.4 Å². The molecule has 3 rings (SSSR count). The van der Waals surface area contributed by atoms with E-state index in [1.54, 1.807) is 12.1 Å². The van der Waals surface area contributed by atoms with Crippen LogP contribution in [0.5, 0.6) is 0 Å². The van der Waals surface area contributed by atoms with Crippen LogP contribution in [0.2, 0.25) is 0 Å². The van der Waals surface area contributed by atoms with E-state index in [0.717, 1.165) is 21.9 Å². The first kappa shape index (κ1) is 16.8. The number of aryl methyl sites for hydroxylation is 1. The fraction of sp³-hybridized carbons (Fsp3) is 0.176. The van der Waals surface area contributed by atoms with Crippen LogP contribution in [0, 0.1) is 6.92 Å². The number of halogens is 3. The van der Waals surface area contributed by atoms with Crippen LogP contribution < -0.4 is 11.4 Å².